The summed E-state index contributed by atoms with van der Waals surface area (Å²) >= 11 is -2.04. The number of allylic oxidation sites excluding steroid dienone is 4. The summed E-state index contributed by atoms with van der Waals surface area (Å²) in [5, 5.41) is 0. The van der Waals surface area contributed by atoms with Gasteiger partial charge in [-0.05, 0) is 0 Å². The van der Waals surface area contributed by atoms with Gasteiger partial charge in [-0.3, -0.25) is 0 Å². The van der Waals surface area contributed by atoms with Crippen LogP contribution in [0, 0.1) is 0 Å². The molecule has 0 N–H and O–H groups in total. The van der Waals surface area contributed by atoms with E-state index in [2.05, 4.69) is 110 Å². The third kappa shape index (κ3) is 5.86. The van der Waals surface area contributed by atoms with Gasteiger partial charge in [0.1, 0.15) is 0 Å². The maximum absolute atomic E-state index is 2.65. The molecule has 0 aromatic heterocycles. The van der Waals surface area contributed by atoms with E-state index in [0.29, 0.717) is 3.63 Å². The van der Waals surface area contributed by atoms with E-state index in [0.717, 1.165) is 0 Å². The molecular formula is C34H48SiZr. The Morgan fingerprint density at radius 1 is 0.778 bits per heavy atom. The van der Waals surface area contributed by atoms with Crippen LogP contribution in [0.4, 0.5) is 0 Å². The Morgan fingerprint density at radius 3 is 1.67 bits per heavy atom. The van der Waals surface area contributed by atoms with Crippen LogP contribution < -0.4 is 0 Å². The normalized spacial score (nSPS) is 15.2. The minimum atomic E-state index is -2.04. The molecule has 0 heterocycles. The second kappa shape index (κ2) is 11.4. The van der Waals surface area contributed by atoms with E-state index in [-0.39, 0.29) is 16.3 Å². The van der Waals surface area contributed by atoms with Crippen LogP contribution in [-0.2, 0) is 31.2 Å². The van der Waals surface area contributed by atoms with Crippen molar-refractivity contribution in [2.24, 2.45) is 0 Å². The van der Waals surface area contributed by atoms with Crippen molar-refractivity contribution < 1.29 is 20.4 Å². The summed E-state index contributed by atoms with van der Waals surface area (Å²) in [4.78, 5) is 0. The first-order valence-corrected chi connectivity index (χ1v) is 22.7. The first-order chi connectivity index (χ1) is 17.1. The standard InChI is InChI=1S/C21H25.C8H18Si.C5H5.Zr/c1-20(2,3)16-7-9-18-14(12-16)11-15-13-17(21(4,5)6)8-10-19(15)18;1-3-5-7-9-8-6-4-2;1-2-4-5-3-1;/h7-13H,1-6H3;3-8H2,1-2H3;1-3H,4H2;. The summed E-state index contributed by atoms with van der Waals surface area (Å²) in [6.07, 6.45) is 14.2. The van der Waals surface area contributed by atoms with E-state index < -0.39 is 20.4 Å². The molecule has 36 heavy (non-hydrogen) atoms. The van der Waals surface area contributed by atoms with Gasteiger partial charge in [0.25, 0.3) is 0 Å². The van der Waals surface area contributed by atoms with Gasteiger partial charge in [0.05, 0.1) is 0 Å². The van der Waals surface area contributed by atoms with E-state index >= 15 is 0 Å². The van der Waals surface area contributed by atoms with Crippen LogP contribution in [0.2, 0.25) is 12.1 Å². The second-order valence-electron chi connectivity index (χ2n) is 13.1. The van der Waals surface area contributed by atoms with E-state index in [1.165, 1.54) is 55.3 Å². The van der Waals surface area contributed by atoms with Gasteiger partial charge in [-0.1, -0.05) is 0 Å². The molecule has 0 aliphatic heterocycles. The third-order valence-corrected chi connectivity index (χ3v) is 29.3. The van der Waals surface area contributed by atoms with E-state index in [1.807, 2.05) is 3.28 Å². The first-order valence-electron chi connectivity index (χ1n) is 14.4. The fraction of sp³-hybridized carbons (Fsp3) is 0.529. The third-order valence-electron chi connectivity index (χ3n) is 8.20. The van der Waals surface area contributed by atoms with E-state index in [4.69, 9.17) is 0 Å². The van der Waals surface area contributed by atoms with Gasteiger partial charge < -0.3 is 0 Å². The molecular weight excluding hydrogens is 528 g/mol. The predicted molar refractivity (Wildman–Crippen MR) is 158 cm³/mol. The number of benzene rings is 2. The van der Waals surface area contributed by atoms with Crippen molar-refractivity contribution in [3.63, 3.8) is 0 Å². The Kier molecular flexibility index (Phi) is 8.89. The molecule has 0 saturated heterocycles. The predicted octanol–water partition coefficient (Wildman–Crippen LogP) is 10.4. The fourth-order valence-corrected chi connectivity index (χ4v) is 30.2. The summed E-state index contributed by atoms with van der Waals surface area (Å²) in [6, 6.07) is 18.2. The number of fused-ring (bicyclic) bond motifs is 3. The van der Waals surface area contributed by atoms with Crippen LogP contribution in [0.25, 0.3) is 11.1 Å². The molecule has 0 unspecified atom stereocenters. The molecule has 0 saturated carbocycles. The minimum absolute atomic E-state index is 0.181. The summed E-state index contributed by atoms with van der Waals surface area (Å²) < 4.78 is 2.60. The quantitative estimate of drug-likeness (QED) is 0.275. The number of unbranched alkanes of at least 4 members (excludes halogenated alkanes) is 2. The van der Waals surface area contributed by atoms with E-state index in [1.54, 1.807) is 22.3 Å². The molecule has 2 aromatic rings. The van der Waals surface area contributed by atoms with Gasteiger partial charge in [-0.25, -0.2) is 0 Å². The summed E-state index contributed by atoms with van der Waals surface area (Å²) in [6.45, 7) is 19.1. The molecule has 2 aliphatic rings. The molecule has 2 aliphatic carbocycles. The van der Waals surface area contributed by atoms with Gasteiger partial charge in [0.2, 0.25) is 0 Å². The van der Waals surface area contributed by atoms with E-state index in [9.17, 15) is 0 Å². The Bertz CT molecular complexity index is 1120. The Morgan fingerprint density at radius 2 is 1.28 bits per heavy atom. The zero-order valence-electron chi connectivity index (χ0n) is 24.2. The molecule has 0 atom stereocenters. The number of rotatable bonds is 8. The van der Waals surface area contributed by atoms with Gasteiger partial charge in [-0.15, -0.1) is 0 Å². The molecule has 2 heteroatoms. The molecule has 0 spiro atoms. The molecule has 0 fully saturated rings. The Balaban J connectivity index is 2.02. The Labute approximate surface area is 229 Å². The van der Waals surface area contributed by atoms with Gasteiger partial charge >= 0.3 is 231 Å². The maximum atomic E-state index is 2.65. The molecule has 0 radical (unpaired) electrons. The van der Waals surface area contributed by atoms with Crippen molar-refractivity contribution in [1.29, 1.82) is 0 Å². The van der Waals surface area contributed by atoms with Crippen molar-refractivity contribution >= 4 is 5.43 Å². The van der Waals surface area contributed by atoms with Crippen molar-refractivity contribution in [2.45, 2.75) is 114 Å². The topological polar surface area (TPSA) is 0 Å². The van der Waals surface area contributed by atoms with Crippen molar-refractivity contribution in [1.82, 2.24) is 0 Å². The summed E-state index contributed by atoms with van der Waals surface area (Å²) in [5.74, 6) is 0. The van der Waals surface area contributed by atoms with Crippen LogP contribution in [-0.4, -0.2) is 5.43 Å². The number of hydrogen-bond donors (Lipinski definition) is 0. The van der Waals surface area contributed by atoms with Gasteiger partial charge in [0, 0.05) is 0 Å². The average molecular weight is 576 g/mol. The molecule has 0 bridgehead atoms. The zero-order valence-corrected chi connectivity index (χ0v) is 27.7. The monoisotopic (exact) mass is 574 g/mol. The van der Waals surface area contributed by atoms with Gasteiger partial charge in [0.15, 0.2) is 0 Å². The molecule has 192 valence electrons. The first kappa shape index (κ1) is 28.0. The summed E-state index contributed by atoms with van der Waals surface area (Å²) in [5.41, 5.74) is 9.49. The van der Waals surface area contributed by atoms with Crippen LogP contribution in [0.15, 0.2) is 57.9 Å². The number of hydrogen-bond acceptors (Lipinski definition) is 0. The molecule has 0 amide bonds. The SMILES string of the molecule is CCCC[Si](CCCC)=[Zr]([C]1=CC=CC1)[CH]1c2cc(C(C)(C)C)ccc2-c2ccc(C(C)(C)C)cc21. The molecule has 2 aromatic carbocycles. The Hall–Kier alpha value is -0.980. The van der Waals surface area contributed by atoms with Gasteiger partial charge in [-0.2, -0.15) is 0 Å². The van der Waals surface area contributed by atoms with Crippen LogP contribution in [0.3, 0.4) is 0 Å². The average Bonchev–Trinajstić information content (AvgIpc) is 3.46. The van der Waals surface area contributed by atoms with Crippen LogP contribution >= 0.6 is 0 Å². The fourth-order valence-electron chi connectivity index (χ4n) is 5.94. The van der Waals surface area contributed by atoms with Crippen LogP contribution in [0.1, 0.15) is 113 Å². The van der Waals surface area contributed by atoms with Crippen molar-refractivity contribution in [3.05, 3.63) is 80.2 Å². The van der Waals surface area contributed by atoms with Crippen molar-refractivity contribution in [3.8, 4) is 11.1 Å². The van der Waals surface area contributed by atoms with Crippen LogP contribution in [0.5, 0.6) is 0 Å². The molecule has 0 nitrogen and oxygen atoms in total. The second-order valence-corrected chi connectivity index (χ2v) is 28.7. The zero-order chi connectivity index (χ0) is 26.1. The van der Waals surface area contributed by atoms with Crippen molar-refractivity contribution in [2.75, 3.05) is 0 Å². The molecule has 4 rings (SSSR count). The summed E-state index contributed by atoms with van der Waals surface area (Å²) in [7, 11) is 0.